The highest BCUT2D eigenvalue weighted by Gasteiger charge is 2.25. The second-order valence-electron chi connectivity index (χ2n) is 5.85. The molecule has 2 aromatic carbocycles. The topological polar surface area (TPSA) is 46.3 Å². The summed E-state index contributed by atoms with van der Waals surface area (Å²) in [5, 5.41) is 0. The van der Waals surface area contributed by atoms with E-state index in [1.807, 2.05) is 56.4 Å². The van der Waals surface area contributed by atoms with Crippen molar-refractivity contribution >= 4 is 5.91 Å². The Morgan fingerprint density at radius 2 is 1.68 bits per heavy atom. The summed E-state index contributed by atoms with van der Waals surface area (Å²) >= 11 is 0. The summed E-state index contributed by atoms with van der Waals surface area (Å²) in [5.41, 5.74) is 9.61. The van der Waals surface area contributed by atoms with Crippen molar-refractivity contribution in [3.05, 3.63) is 71.3 Å². The lowest BCUT2D eigenvalue weighted by Crippen LogP contribution is -2.36. The summed E-state index contributed by atoms with van der Waals surface area (Å²) in [4.78, 5) is 14.4. The van der Waals surface area contributed by atoms with Gasteiger partial charge in [0.1, 0.15) is 0 Å². The highest BCUT2D eigenvalue weighted by atomic mass is 16.2. The van der Waals surface area contributed by atoms with Crippen LogP contribution in [0.5, 0.6) is 0 Å². The van der Waals surface area contributed by atoms with E-state index in [1.54, 1.807) is 4.90 Å². The zero-order valence-corrected chi connectivity index (χ0v) is 13.5. The van der Waals surface area contributed by atoms with Gasteiger partial charge in [-0.15, -0.1) is 0 Å². The molecule has 0 aliphatic carbocycles. The molecule has 2 rings (SSSR count). The van der Waals surface area contributed by atoms with Crippen LogP contribution in [0.15, 0.2) is 54.6 Å². The van der Waals surface area contributed by atoms with Gasteiger partial charge in [0.2, 0.25) is 5.91 Å². The van der Waals surface area contributed by atoms with E-state index in [4.69, 9.17) is 5.73 Å². The van der Waals surface area contributed by atoms with E-state index in [0.29, 0.717) is 6.54 Å². The van der Waals surface area contributed by atoms with Crippen molar-refractivity contribution in [2.45, 2.75) is 26.4 Å². The third-order valence-corrected chi connectivity index (χ3v) is 4.16. The van der Waals surface area contributed by atoms with E-state index in [0.717, 1.165) is 5.56 Å². The van der Waals surface area contributed by atoms with Gasteiger partial charge in [0.25, 0.3) is 0 Å². The Bertz CT molecular complexity index is 624. The Balaban J connectivity index is 2.05. The maximum absolute atomic E-state index is 12.6. The summed E-state index contributed by atoms with van der Waals surface area (Å²) < 4.78 is 0. The van der Waals surface area contributed by atoms with Gasteiger partial charge in [0.15, 0.2) is 0 Å². The van der Waals surface area contributed by atoms with Gasteiger partial charge in [-0.1, -0.05) is 61.5 Å². The summed E-state index contributed by atoms with van der Waals surface area (Å²) in [6.45, 7) is 4.57. The van der Waals surface area contributed by atoms with Crippen molar-refractivity contribution in [1.82, 2.24) is 4.90 Å². The predicted octanol–water partition coefficient (Wildman–Crippen LogP) is 3.29. The molecule has 3 heteroatoms. The molecule has 0 aromatic heterocycles. The minimum absolute atomic E-state index is 0.0691. The Labute approximate surface area is 132 Å². The molecule has 2 atom stereocenters. The maximum Gasteiger partial charge on any atom is 0.227 e. The van der Waals surface area contributed by atoms with Crippen LogP contribution in [0.1, 0.15) is 29.7 Å². The van der Waals surface area contributed by atoms with Gasteiger partial charge in [-0.2, -0.15) is 0 Å². The van der Waals surface area contributed by atoms with Crippen molar-refractivity contribution in [3.63, 3.8) is 0 Å². The molecule has 0 saturated heterocycles. The summed E-state index contributed by atoms with van der Waals surface area (Å²) in [7, 11) is 1.84. The molecule has 2 aromatic rings. The molecule has 0 aliphatic heterocycles. The van der Waals surface area contributed by atoms with Crippen LogP contribution in [0.2, 0.25) is 0 Å². The van der Waals surface area contributed by atoms with Gasteiger partial charge in [-0.3, -0.25) is 4.79 Å². The molecule has 0 radical (unpaired) electrons. The number of hydrogen-bond donors (Lipinski definition) is 1. The van der Waals surface area contributed by atoms with Crippen molar-refractivity contribution in [1.29, 1.82) is 0 Å². The Morgan fingerprint density at radius 3 is 2.32 bits per heavy atom. The van der Waals surface area contributed by atoms with E-state index >= 15 is 0 Å². The zero-order chi connectivity index (χ0) is 16.1. The molecule has 22 heavy (non-hydrogen) atoms. The number of nitrogens with two attached hydrogens (primary N) is 1. The molecule has 0 heterocycles. The fourth-order valence-electron chi connectivity index (χ4n) is 2.59. The largest absolute Gasteiger partial charge is 0.341 e. The quantitative estimate of drug-likeness (QED) is 0.920. The van der Waals surface area contributed by atoms with Crippen molar-refractivity contribution < 1.29 is 4.79 Å². The first-order chi connectivity index (χ1) is 10.5. The van der Waals surface area contributed by atoms with Crippen LogP contribution in [0.25, 0.3) is 0 Å². The van der Waals surface area contributed by atoms with Crippen molar-refractivity contribution in [2.24, 2.45) is 11.7 Å². The van der Waals surface area contributed by atoms with Gasteiger partial charge in [-0.25, -0.2) is 0 Å². The molecule has 0 bridgehead atoms. The van der Waals surface area contributed by atoms with Crippen LogP contribution in [0.4, 0.5) is 0 Å². The van der Waals surface area contributed by atoms with E-state index in [1.165, 1.54) is 11.1 Å². The molecule has 0 fully saturated rings. The second-order valence-corrected chi connectivity index (χ2v) is 5.85. The first-order valence-corrected chi connectivity index (χ1v) is 7.60. The smallest absolute Gasteiger partial charge is 0.227 e. The fourth-order valence-corrected chi connectivity index (χ4v) is 2.59. The minimum Gasteiger partial charge on any atom is -0.341 e. The normalized spacial score (nSPS) is 13.5. The van der Waals surface area contributed by atoms with E-state index < -0.39 is 0 Å². The highest BCUT2D eigenvalue weighted by Crippen LogP contribution is 2.21. The van der Waals surface area contributed by atoms with Crippen LogP contribution in [-0.4, -0.2) is 17.9 Å². The molecule has 0 spiro atoms. The zero-order valence-electron chi connectivity index (χ0n) is 13.5. The number of aryl methyl sites for hydroxylation is 1. The van der Waals surface area contributed by atoms with Crippen molar-refractivity contribution in [2.75, 3.05) is 7.05 Å². The molecule has 1 amide bonds. The van der Waals surface area contributed by atoms with Crippen molar-refractivity contribution in [3.8, 4) is 0 Å². The molecule has 0 aliphatic rings. The summed E-state index contributed by atoms with van der Waals surface area (Å²) in [6.07, 6.45) is 0. The fraction of sp³-hybridized carbons (Fsp3) is 0.316. The number of benzene rings is 2. The Morgan fingerprint density at radius 1 is 1.09 bits per heavy atom. The third kappa shape index (κ3) is 3.74. The number of carbonyl (C=O) groups is 1. The number of amides is 1. The SMILES string of the molecule is Cc1ccccc1CN(C)C(=O)C(C)C(N)c1ccccc1. The highest BCUT2D eigenvalue weighted by molar-refractivity contribution is 5.79. The first kappa shape index (κ1) is 16.2. The van der Waals surface area contributed by atoms with E-state index in [9.17, 15) is 4.79 Å². The monoisotopic (exact) mass is 296 g/mol. The lowest BCUT2D eigenvalue weighted by atomic mass is 9.94. The minimum atomic E-state index is -0.284. The van der Waals surface area contributed by atoms with Crippen LogP contribution in [0, 0.1) is 12.8 Å². The second kappa shape index (κ2) is 7.23. The average molecular weight is 296 g/mol. The van der Waals surface area contributed by atoms with Crippen LogP contribution >= 0.6 is 0 Å². The molecule has 116 valence electrons. The van der Waals surface area contributed by atoms with Gasteiger partial charge >= 0.3 is 0 Å². The lowest BCUT2D eigenvalue weighted by Gasteiger charge is -2.26. The Hall–Kier alpha value is -2.13. The molecular formula is C19H24N2O. The van der Waals surface area contributed by atoms with Crippen LogP contribution < -0.4 is 5.73 Å². The standard InChI is InChI=1S/C19H24N2O/c1-14-9-7-8-12-17(14)13-21(3)19(22)15(2)18(20)16-10-5-4-6-11-16/h4-12,15,18H,13,20H2,1-3H3. The van der Waals surface area contributed by atoms with Gasteiger partial charge in [0, 0.05) is 19.6 Å². The van der Waals surface area contributed by atoms with Crippen LogP contribution in [-0.2, 0) is 11.3 Å². The Kier molecular flexibility index (Phi) is 5.34. The number of hydrogen-bond acceptors (Lipinski definition) is 2. The molecule has 2 N–H and O–H groups in total. The lowest BCUT2D eigenvalue weighted by molar-refractivity contribution is -0.134. The molecule has 0 saturated carbocycles. The summed E-state index contributed by atoms with van der Waals surface area (Å²) in [6, 6.07) is 17.6. The number of carbonyl (C=O) groups excluding carboxylic acids is 1. The average Bonchev–Trinajstić information content (AvgIpc) is 2.55. The molecule has 3 nitrogen and oxygen atoms in total. The molecule has 2 unspecified atom stereocenters. The van der Waals surface area contributed by atoms with E-state index in [-0.39, 0.29) is 17.9 Å². The number of rotatable bonds is 5. The van der Waals surface area contributed by atoms with Gasteiger partial charge in [-0.05, 0) is 23.6 Å². The predicted molar refractivity (Wildman–Crippen MR) is 90.2 cm³/mol. The van der Waals surface area contributed by atoms with E-state index in [2.05, 4.69) is 19.1 Å². The maximum atomic E-state index is 12.6. The van der Waals surface area contributed by atoms with Gasteiger partial charge in [0.05, 0.1) is 5.92 Å². The van der Waals surface area contributed by atoms with Gasteiger partial charge < -0.3 is 10.6 Å². The summed E-state index contributed by atoms with van der Waals surface area (Å²) in [5.74, 6) is -0.184. The third-order valence-electron chi connectivity index (χ3n) is 4.16. The number of nitrogens with zero attached hydrogens (tertiary/aromatic N) is 1. The first-order valence-electron chi connectivity index (χ1n) is 7.60. The molecular weight excluding hydrogens is 272 g/mol. The van der Waals surface area contributed by atoms with Crippen LogP contribution in [0.3, 0.4) is 0 Å².